The van der Waals surface area contributed by atoms with Gasteiger partial charge in [0.1, 0.15) is 6.29 Å². The molecule has 1 aromatic rings. The van der Waals surface area contributed by atoms with Crippen molar-refractivity contribution in [3.05, 3.63) is 33.3 Å². The van der Waals surface area contributed by atoms with Crippen molar-refractivity contribution < 1.29 is 9.90 Å². The molecule has 0 fully saturated rings. The highest BCUT2D eigenvalue weighted by Crippen LogP contribution is 2.27. The first-order valence-corrected chi connectivity index (χ1v) is 4.89. The lowest BCUT2D eigenvalue weighted by Gasteiger charge is -2.09. The topological polar surface area (TPSA) is 37.3 Å². The highest BCUT2D eigenvalue weighted by molar-refractivity contribution is 9.10. The minimum Gasteiger partial charge on any atom is -0.388 e. The van der Waals surface area contributed by atoms with E-state index >= 15 is 0 Å². The summed E-state index contributed by atoms with van der Waals surface area (Å²) in [5, 5.41) is 10.1. The lowest BCUT2D eigenvalue weighted by atomic mass is 10.1. The normalized spacial score (nSPS) is 12.5. The molecular weight excluding hydrogens is 255 g/mol. The Morgan fingerprint density at radius 3 is 2.92 bits per heavy atom. The molecule has 0 aromatic heterocycles. The molecule has 1 unspecified atom stereocenters. The Labute approximate surface area is 89.7 Å². The third-order valence-electron chi connectivity index (χ3n) is 1.64. The van der Waals surface area contributed by atoms with E-state index in [9.17, 15) is 9.90 Å². The highest BCUT2D eigenvalue weighted by Gasteiger charge is 2.10. The molecule has 1 atom stereocenters. The monoisotopic (exact) mass is 262 g/mol. The van der Waals surface area contributed by atoms with Crippen molar-refractivity contribution in [1.82, 2.24) is 0 Å². The standard InChI is InChI=1S/C9H8BrClO2/c10-8-2-1-6(11)5-7(8)9(13)3-4-12/h1-2,4-5,9,13H,3H2. The van der Waals surface area contributed by atoms with E-state index in [4.69, 9.17) is 11.6 Å². The molecule has 0 aliphatic rings. The number of aliphatic hydroxyl groups is 1. The first kappa shape index (κ1) is 10.7. The summed E-state index contributed by atoms with van der Waals surface area (Å²) in [6, 6.07) is 5.09. The number of benzene rings is 1. The number of rotatable bonds is 3. The smallest absolute Gasteiger partial charge is 0.122 e. The van der Waals surface area contributed by atoms with Crippen LogP contribution in [0.3, 0.4) is 0 Å². The Morgan fingerprint density at radius 1 is 1.62 bits per heavy atom. The van der Waals surface area contributed by atoms with Crippen LogP contribution in [-0.4, -0.2) is 11.4 Å². The Hall–Kier alpha value is -0.380. The van der Waals surface area contributed by atoms with E-state index in [1.807, 2.05) is 0 Å². The Kier molecular flexibility index (Phi) is 3.90. The molecule has 0 heterocycles. The molecular formula is C9H8BrClO2. The molecule has 0 saturated heterocycles. The molecule has 4 heteroatoms. The van der Waals surface area contributed by atoms with Gasteiger partial charge in [-0.25, -0.2) is 0 Å². The second-order valence-electron chi connectivity index (χ2n) is 2.58. The molecule has 1 N–H and O–H groups in total. The van der Waals surface area contributed by atoms with Gasteiger partial charge in [-0.15, -0.1) is 0 Å². The lowest BCUT2D eigenvalue weighted by molar-refractivity contribution is -0.109. The predicted molar refractivity (Wildman–Crippen MR) is 54.8 cm³/mol. The van der Waals surface area contributed by atoms with E-state index < -0.39 is 6.10 Å². The van der Waals surface area contributed by atoms with Gasteiger partial charge < -0.3 is 9.90 Å². The molecule has 2 nitrogen and oxygen atoms in total. The van der Waals surface area contributed by atoms with Crippen molar-refractivity contribution in [2.45, 2.75) is 12.5 Å². The van der Waals surface area contributed by atoms with Crippen LogP contribution in [-0.2, 0) is 4.79 Å². The Balaban J connectivity index is 2.97. The Bertz CT molecular complexity index is 314. The molecule has 0 bridgehead atoms. The van der Waals surface area contributed by atoms with Gasteiger partial charge in [0, 0.05) is 15.9 Å². The van der Waals surface area contributed by atoms with Gasteiger partial charge in [0.25, 0.3) is 0 Å². The van der Waals surface area contributed by atoms with Crippen molar-refractivity contribution in [2.24, 2.45) is 0 Å². The second-order valence-corrected chi connectivity index (χ2v) is 3.87. The van der Waals surface area contributed by atoms with Crippen LogP contribution >= 0.6 is 27.5 Å². The predicted octanol–water partition coefficient (Wildman–Crippen LogP) is 2.72. The van der Waals surface area contributed by atoms with Gasteiger partial charge in [-0.1, -0.05) is 27.5 Å². The van der Waals surface area contributed by atoms with Crippen LogP contribution in [0.15, 0.2) is 22.7 Å². The first-order chi connectivity index (χ1) is 6.15. The van der Waals surface area contributed by atoms with E-state index in [2.05, 4.69) is 15.9 Å². The summed E-state index contributed by atoms with van der Waals surface area (Å²) in [4.78, 5) is 10.2. The number of aldehydes is 1. The van der Waals surface area contributed by atoms with E-state index in [0.29, 0.717) is 16.9 Å². The van der Waals surface area contributed by atoms with Crippen LogP contribution in [0, 0.1) is 0 Å². The molecule has 0 radical (unpaired) electrons. The summed E-state index contributed by atoms with van der Waals surface area (Å²) in [5.41, 5.74) is 0.639. The van der Waals surface area contributed by atoms with Gasteiger partial charge in [0.05, 0.1) is 6.10 Å². The highest BCUT2D eigenvalue weighted by atomic mass is 79.9. The molecule has 0 aliphatic carbocycles. The molecule has 0 spiro atoms. The third-order valence-corrected chi connectivity index (χ3v) is 2.59. The van der Waals surface area contributed by atoms with Gasteiger partial charge in [0.15, 0.2) is 0 Å². The van der Waals surface area contributed by atoms with Gasteiger partial charge in [-0.2, -0.15) is 0 Å². The summed E-state index contributed by atoms with van der Waals surface area (Å²) in [7, 11) is 0. The maximum Gasteiger partial charge on any atom is 0.122 e. The fraction of sp³-hybridized carbons (Fsp3) is 0.222. The average Bonchev–Trinajstić information content (AvgIpc) is 2.09. The number of carbonyl (C=O) groups excluding carboxylic acids is 1. The van der Waals surface area contributed by atoms with Crippen LogP contribution in [0.2, 0.25) is 5.02 Å². The maximum absolute atomic E-state index is 10.2. The number of aliphatic hydroxyl groups excluding tert-OH is 1. The largest absolute Gasteiger partial charge is 0.388 e. The van der Waals surface area contributed by atoms with Gasteiger partial charge in [-0.3, -0.25) is 0 Å². The van der Waals surface area contributed by atoms with E-state index in [1.165, 1.54) is 0 Å². The van der Waals surface area contributed by atoms with Crippen LogP contribution in [0.5, 0.6) is 0 Å². The van der Waals surface area contributed by atoms with Crippen molar-refractivity contribution in [3.63, 3.8) is 0 Å². The summed E-state index contributed by atoms with van der Waals surface area (Å²) >= 11 is 9.01. The molecule has 0 amide bonds. The minimum absolute atomic E-state index is 0.0823. The van der Waals surface area contributed by atoms with Crippen LogP contribution < -0.4 is 0 Å². The number of hydrogen-bond acceptors (Lipinski definition) is 2. The maximum atomic E-state index is 10.2. The molecule has 0 aliphatic heterocycles. The minimum atomic E-state index is -0.787. The molecule has 13 heavy (non-hydrogen) atoms. The summed E-state index contributed by atoms with van der Waals surface area (Å²) in [6.45, 7) is 0. The quantitative estimate of drug-likeness (QED) is 0.852. The van der Waals surface area contributed by atoms with Crippen LogP contribution in [0.4, 0.5) is 0 Å². The zero-order chi connectivity index (χ0) is 9.84. The van der Waals surface area contributed by atoms with Crippen molar-refractivity contribution in [1.29, 1.82) is 0 Å². The fourth-order valence-electron chi connectivity index (χ4n) is 0.988. The average molecular weight is 264 g/mol. The molecule has 0 saturated carbocycles. The zero-order valence-corrected chi connectivity index (χ0v) is 9.05. The Morgan fingerprint density at radius 2 is 2.31 bits per heavy atom. The fourth-order valence-corrected chi connectivity index (χ4v) is 1.68. The van der Waals surface area contributed by atoms with E-state index in [1.54, 1.807) is 18.2 Å². The van der Waals surface area contributed by atoms with Crippen molar-refractivity contribution >= 4 is 33.8 Å². The number of halogens is 2. The molecule has 70 valence electrons. The van der Waals surface area contributed by atoms with Crippen LogP contribution in [0.25, 0.3) is 0 Å². The van der Waals surface area contributed by atoms with E-state index in [-0.39, 0.29) is 6.42 Å². The number of carbonyl (C=O) groups is 1. The van der Waals surface area contributed by atoms with Crippen LogP contribution in [0.1, 0.15) is 18.1 Å². The summed E-state index contributed by atoms with van der Waals surface area (Å²) in [6.07, 6.45) is -0.0256. The molecule has 1 rings (SSSR count). The van der Waals surface area contributed by atoms with Gasteiger partial charge in [-0.05, 0) is 23.8 Å². The van der Waals surface area contributed by atoms with Gasteiger partial charge >= 0.3 is 0 Å². The van der Waals surface area contributed by atoms with Gasteiger partial charge in [0.2, 0.25) is 0 Å². The van der Waals surface area contributed by atoms with E-state index in [0.717, 1.165) is 4.47 Å². The molecule has 1 aromatic carbocycles. The number of hydrogen-bond donors (Lipinski definition) is 1. The van der Waals surface area contributed by atoms with Crippen molar-refractivity contribution in [2.75, 3.05) is 0 Å². The summed E-state index contributed by atoms with van der Waals surface area (Å²) < 4.78 is 0.756. The third kappa shape index (κ3) is 2.79. The zero-order valence-electron chi connectivity index (χ0n) is 6.71. The lowest BCUT2D eigenvalue weighted by Crippen LogP contribution is -1.98. The second kappa shape index (κ2) is 4.74. The summed E-state index contributed by atoms with van der Waals surface area (Å²) in [5.74, 6) is 0. The van der Waals surface area contributed by atoms with Crippen molar-refractivity contribution in [3.8, 4) is 0 Å². The SMILES string of the molecule is O=CCC(O)c1cc(Cl)ccc1Br. The first-order valence-electron chi connectivity index (χ1n) is 3.72.